The zero-order chi connectivity index (χ0) is 23.8. The summed E-state index contributed by atoms with van der Waals surface area (Å²) in [6.07, 6.45) is 1.73. The van der Waals surface area contributed by atoms with E-state index < -0.39 is 6.67 Å². The first kappa shape index (κ1) is 24.0. The van der Waals surface area contributed by atoms with Gasteiger partial charge in [0.15, 0.2) is 0 Å². The Kier molecular flexibility index (Phi) is 8.36. The topological polar surface area (TPSA) is 71.1 Å². The van der Waals surface area contributed by atoms with E-state index in [2.05, 4.69) is 23.5 Å². The van der Waals surface area contributed by atoms with Crippen molar-refractivity contribution in [2.24, 2.45) is 5.92 Å². The Hall–Kier alpha value is -3.13. The number of piperidine rings is 1. The highest BCUT2D eigenvalue weighted by atomic mass is 19.1. The summed E-state index contributed by atoms with van der Waals surface area (Å²) < 4.78 is 23.5. The lowest BCUT2D eigenvalue weighted by Gasteiger charge is -2.39. The van der Waals surface area contributed by atoms with Gasteiger partial charge in [-0.15, -0.1) is 0 Å². The van der Waals surface area contributed by atoms with E-state index in [4.69, 9.17) is 9.47 Å². The molecule has 1 atom stereocenters. The monoisotopic (exact) mass is 469 g/mol. The zero-order valence-electron chi connectivity index (χ0n) is 19.3. The van der Waals surface area contributed by atoms with Crippen LogP contribution in [0, 0.1) is 5.92 Å². The number of nitrogens with zero attached hydrogens (tertiary/aromatic N) is 2. The molecule has 34 heavy (non-hydrogen) atoms. The molecule has 2 aliphatic heterocycles. The maximum atomic E-state index is 13.1. The van der Waals surface area contributed by atoms with Crippen LogP contribution in [0.25, 0.3) is 0 Å². The molecular weight excluding hydrogens is 437 g/mol. The van der Waals surface area contributed by atoms with Crippen LogP contribution in [0.5, 0.6) is 5.75 Å². The number of alkyl halides is 1. The lowest BCUT2D eigenvalue weighted by Crippen LogP contribution is -2.51. The molecule has 0 aliphatic carbocycles. The summed E-state index contributed by atoms with van der Waals surface area (Å²) in [6.45, 7) is 1.81. The van der Waals surface area contributed by atoms with Crippen LogP contribution < -0.4 is 10.1 Å². The maximum absolute atomic E-state index is 13.1. The first-order valence-electron chi connectivity index (χ1n) is 11.9. The molecule has 182 valence electrons. The van der Waals surface area contributed by atoms with Gasteiger partial charge >= 0.3 is 6.03 Å². The fourth-order valence-electron chi connectivity index (χ4n) is 4.82. The number of rotatable bonds is 6. The molecule has 0 spiro atoms. The van der Waals surface area contributed by atoms with Gasteiger partial charge < -0.3 is 19.7 Å². The quantitative estimate of drug-likeness (QED) is 0.704. The molecule has 2 fully saturated rings. The number of likely N-dealkylation sites (tertiary alicyclic amines) is 1. The SMILES string of the molecule is O=C1COCN(C(=O)N2CCC(C(c3ccccc3)c3cccc(OCCF)c3)CC2)CCN1. The molecular formula is C26H32FN3O4. The van der Waals surface area contributed by atoms with Crippen molar-refractivity contribution in [1.29, 1.82) is 0 Å². The predicted molar refractivity (Wildman–Crippen MR) is 126 cm³/mol. The van der Waals surface area contributed by atoms with Crippen molar-refractivity contribution < 1.29 is 23.5 Å². The molecule has 0 saturated carbocycles. The van der Waals surface area contributed by atoms with Gasteiger partial charge in [0.2, 0.25) is 5.91 Å². The Bertz CT molecular complexity index is 938. The third kappa shape index (κ3) is 6.05. The van der Waals surface area contributed by atoms with E-state index in [1.54, 1.807) is 4.90 Å². The minimum absolute atomic E-state index is 0.0291. The summed E-state index contributed by atoms with van der Waals surface area (Å²) in [7, 11) is 0. The Morgan fingerprint density at radius 1 is 1.06 bits per heavy atom. The maximum Gasteiger partial charge on any atom is 0.321 e. The summed E-state index contributed by atoms with van der Waals surface area (Å²) >= 11 is 0. The lowest BCUT2D eigenvalue weighted by molar-refractivity contribution is -0.128. The van der Waals surface area contributed by atoms with Gasteiger partial charge in [-0.1, -0.05) is 42.5 Å². The Balaban J connectivity index is 1.45. The van der Waals surface area contributed by atoms with Gasteiger partial charge in [-0.25, -0.2) is 9.18 Å². The molecule has 0 aromatic heterocycles. The van der Waals surface area contributed by atoms with Gasteiger partial charge in [0.05, 0.1) is 0 Å². The van der Waals surface area contributed by atoms with E-state index in [1.165, 1.54) is 5.56 Å². The molecule has 2 aliphatic rings. The molecule has 4 rings (SSSR count). The largest absolute Gasteiger partial charge is 0.491 e. The summed E-state index contributed by atoms with van der Waals surface area (Å²) in [5.41, 5.74) is 2.36. The van der Waals surface area contributed by atoms with Crippen molar-refractivity contribution in [3.05, 3.63) is 65.7 Å². The number of carbonyl (C=O) groups excluding carboxylic acids is 2. The van der Waals surface area contributed by atoms with Crippen LogP contribution in [0.4, 0.5) is 9.18 Å². The average Bonchev–Trinajstić information content (AvgIpc) is 2.86. The normalized spacial score (nSPS) is 18.6. The van der Waals surface area contributed by atoms with Crippen LogP contribution in [-0.2, 0) is 9.53 Å². The second-order valence-electron chi connectivity index (χ2n) is 8.70. The highest BCUT2D eigenvalue weighted by molar-refractivity contribution is 5.78. The number of nitrogens with one attached hydrogen (secondary N) is 1. The van der Waals surface area contributed by atoms with Crippen molar-refractivity contribution in [1.82, 2.24) is 15.1 Å². The summed E-state index contributed by atoms with van der Waals surface area (Å²) in [5, 5.41) is 2.74. The van der Waals surface area contributed by atoms with Crippen molar-refractivity contribution in [3.63, 3.8) is 0 Å². The number of ether oxygens (including phenoxy) is 2. The summed E-state index contributed by atoms with van der Waals surface area (Å²) in [4.78, 5) is 28.1. The van der Waals surface area contributed by atoms with Crippen LogP contribution in [0.2, 0.25) is 0 Å². The third-order valence-corrected chi connectivity index (χ3v) is 6.46. The minimum Gasteiger partial charge on any atom is -0.491 e. The average molecular weight is 470 g/mol. The lowest BCUT2D eigenvalue weighted by atomic mass is 9.76. The second-order valence-corrected chi connectivity index (χ2v) is 8.70. The fourth-order valence-corrected chi connectivity index (χ4v) is 4.82. The van der Waals surface area contributed by atoms with Gasteiger partial charge in [0.25, 0.3) is 0 Å². The highest BCUT2D eigenvalue weighted by Crippen LogP contribution is 2.39. The van der Waals surface area contributed by atoms with Crippen molar-refractivity contribution >= 4 is 11.9 Å². The number of hydrogen-bond donors (Lipinski definition) is 1. The highest BCUT2D eigenvalue weighted by Gasteiger charge is 2.32. The van der Waals surface area contributed by atoms with Crippen LogP contribution in [-0.4, -0.2) is 74.5 Å². The molecule has 2 aromatic carbocycles. The molecule has 8 heteroatoms. The van der Waals surface area contributed by atoms with Crippen LogP contribution >= 0.6 is 0 Å². The molecule has 0 radical (unpaired) electrons. The van der Waals surface area contributed by atoms with E-state index in [0.29, 0.717) is 37.8 Å². The molecule has 3 amide bonds. The van der Waals surface area contributed by atoms with Gasteiger partial charge in [0, 0.05) is 32.1 Å². The van der Waals surface area contributed by atoms with Crippen LogP contribution in [0.3, 0.4) is 0 Å². The summed E-state index contributed by atoms with van der Waals surface area (Å²) in [6, 6.07) is 18.3. The molecule has 7 nitrogen and oxygen atoms in total. The van der Waals surface area contributed by atoms with E-state index in [0.717, 1.165) is 18.4 Å². The van der Waals surface area contributed by atoms with Gasteiger partial charge in [0.1, 0.15) is 32.4 Å². The molecule has 1 unspecified atom stereocenters. The molecule has 0 bridgehead atoms. The fraction of sp³-hybridized carbons (Fsp3) is 0.462. The molecule has 1 N–H and O–H groups in total. The molecule has 2 heterocycles. The first-order valence-corrected chi connectivity index (χ1v) is 11.9. The number of benzene rings is 2. The summed E-state index contributed by atoms with van der Waals surface area (Å²) in [5.74, 6) is 1.03. The third-order valence-electron chi connectivity index (χ3n) is 6.46. The van der Waals surface area contributed by atoms with Crippen molar-refractivity contribution in [2.75, 3.05) is 52.8 Å². The van der Waals surface area contributed by atoms with Gasteiger partial charge in [-0.05, 0) is 42.0 Å². The van der Waals surface area contributed by atoms with Gasteiger partial charge in [-0.3, -0.25) is 9.69 Å². The number of carbonyl (C=O) groups is 2. The smallest absolute Gasteiger partial charge is 0.321 e. The Morgan fingerprint density at radius 3 is 2.59 bits per heavy atom. The first-order chi connectivity index (χ1) is 16.7. The standard InChI is InChI=1S/C26H32FN3O4/c27-11-16-34-23-8-4-7-22(17-23)25(20-5-2-1-3-6-20)21-9-13-29(14-10-21)26(32)30-15-12-28-24(31)18-33-19-30/h1-8,17,21,25H,9-16,18-19H2,(H,28,31). The second kappa shape index (κ2) is 11.8. The van der Waals surface area contributed by atoms with E-state index >= 15 is 0 Å². The van der Waals surface area contributed by atoms with Crippen molar-refractivity contribution in [3.8, 4) is 5.75 Å². The molecule has 2 aromatic rings. The number of urea groups is 1. The Morgan fingerprint density at radius 2 is 1.82 bits per heavy atom. The van der Waals surface area contributed by atoms with E-state index in [1.807, 2.05) is 41.3 Å². The number of hydrogen-bond acceptors (Lipinski definition) is 4. The predicted octanol–water partition coefficient (Wildman–Crippen LogP) is 3.40. The van der Waals surface area contributed by atoms with Crippen LogP contribution in [0.1, 0.15) is 29.9 Å². The van der Waals surface area contributed by atoms with E-state index in [-0.39, 0.29) is 37.8 Å². The Labute approximate surface area is 199 Å². The minimum atomic E-state index is -0.521. The molecule has 2 saturated heterocycles. The number of halogens is 1. The zero-order valence-corrected chi connectivity index (χ0v) is 19.3. The van der Waals surface area contributed by atoms with Gasteiger partial charge in [-0.2, -0.15) is 0 Å². The van der Waals surface area contributed by atoms with Crippen LogP contribution in [0.15, 0.2) is 54.6 Å². The number of amides is 3. The van der Waals surface area contributed by atoms with E-state index in [9.17, 15) is 14.0 Å². The van der Waals surface area contributed by atoms with Crippen molar-refractivity contribution in [2.45, 2.75) is 18.8 Å².